The van der Waals surface area contributed by atoms with Gasteiger partial charge in [0.2, 0.25) is 0 Å². The van der Waals surface area contributed by atoms with Gasteiger partial charge in [0.05, 0.1) is 0 Å². The van der Waals surface area contributed by atoms with E-state index in [-0.39, 0.29) is 0 Å². The minimum Gasteiger partial charge on any atom is -0.0617 e. The minimum atomic E-state index is 0.395. The Balaban J connectivity index is 1.86. The molecule has 220 valence electrons. The summed E-state index contributed by atoms with van der Waals surface area (Å²) < 4.78 is 0. The summed E-state index contributed by atoms with van der Waals surface area (Å²) in [6.45, 7) is 18.8. The molecule has 0 unspecified atom stereocenters. The molecule has 0 aromatic heterocycles. The van der Waals surface area contributed by atoms with Gasteiger partial charge in [0.1, 0.15) is 0 Å². The van der Waals surface area contributed by atoms with Gasteiger partial charge in [0.15, 0.2) is 0 Å². The normalized spacial score (nSPS) is 12.5. The highest BCUT2D eigenvalue weighted by atomic mass is 14.3. The summed E-state index contributed by atoms with van der Waals surface area (Å²) in [4.78, 5) is 0. The Labute approximate surface area is 263 Å². The van der Waals surface area contributed by atoms with Crippen molar-refractivity contribution in [2.24, 2.45) is 0 Å². The molecule has 7 rings (SSSR count). The molecule has 0 amide bonds. The monoisotopic (exact) mass is 572 g/mol. The van der Waals surface area contributed by atoms with E-state index in [0.717, 1.165) is 0 Å². The summed E-state index contributed by atoms with van der Waals surface area (Å²) in [5.74, 6) is 1.60. The molecular formula is C44H44. The molecule has 44 heavy (non-hydrogen) atoms. The van der Waals surface area contributed by atoms with E-state index >= 15 is 0 Å². The van der Waals surface area contributed by atoms with Crippen molar-refractivity contribution in [3.05, 3.63) is 119 Å². The van der Waals surface area contributed by atoms with Crippen LogP contribution in [0.4, 0.5) is 0 Å². The zero-order valence-electron chi connectivity index (χ0n) is 27.5. The molecule has 0 fully saturated rings. The summed E-state index contributed by atoms with van der Waals surface area (Å²) >= 11 is 0. The number of rotatable bonds is 6. The molecule has 0 aliphatic rings. The fourth-order valence-electron chi connectivity index (χ4n) is 7.88. The van der Waals surface area contributed by atoms with Gasteiger partial charge in [-0.25, -0.2) is 0 Å². The molecular weight excluding hydrogens is 528 g/mol. The first-order valence-electron chi connectivity index (χ1n) is 16.6. The Kier molecular flexibility index (Phi) is 7.00. The minimum absolute atomic E-state index is 0.395. The molecule has 7 aromatic rings. The molecule has 0 saturated heterocycles. The van der Waals surface area contributed by atoms with Crippen LogP contribution in [0.3, 0.4) is 0 Å². The van der Waals surface area contributed by atoms with E-state index in [9.17, 15) is 0 Å². The molecule has 0 heteroatoms. The first kappa shape index (κ1) is 28.6. The number of fused-ring (bicyclic) bond motifs is 2. The zero-order valence-corrected chi connectivity index (χ0v) is 27.5. The van der Waals surface area contributed by atoms with Gasteiger partial charge in [0.25, 0.3) is 0 Å². The second-order valence-corrected chi connectivity index (χ2v) is 14.0. The van der Waals surface area contributed by atoms with E-state index < -0.39 is 0 Å². The van der Waals surface area contributed by atoms with E-state index in [2.05, 4.69) is 152 Å². The summed E-state index contributed by atoms with van der Waals surface area (Å²) in [6.07, 6.45) is 0. The molecule has 0 bridgehead atoms. The van der Waals surface area contributed by atoms with Crippen LogP contribution >= 0.6 is 0 Å². The fraction of sp³-hybridized carbons (Fsp3) is 0.273. The van der Waals surface area contributed by atoms with Crippen molar-refractivity contribution in [2.45, 2.75) is 79.1 Å². The van der Waals surface area contributed by atoms with Crippen molar-refractivity contribution >= 4 is 43.1 Å². The second kappa shape index (κ2) is 10.8. The highest BCUT2D eigenvalue weighted by Crippen LogP contribution is 2.52. The summed E-state index contributed by atoms with van der Waals surface area (Å²) in [5, 5.41) is 10.9. The number of benzene rings is 7. The van der Waals surface area contributed by atoms with Crippen LogP contribution in [0.25, 0.3) is 65.3 Å². The Hall–Kier alpha value is -4.16. The van der Waals surface area contributed by atoms with Crippen molar-refractivity contribution in [3.63, 3.8) is 0 Å². The SMILES string of the molecule is CC(C)c1cccc(C(C)C)c1-c1cc2cccc3c4cccc5cccc(c(c1-c1c(C(C)C)cccc1C(C)C)c23)c54. The summed E-state index contributed by atoms with van der Waals surface area (Å²) in [5.41, 5.74) is 11.4. The Bertz CT molecular complexity index is 2110. The molecule has 0 aliphatic carbocycles. The van der Waals surface area contributed by atoms with Crippen LogP contribution in [-0.2, 0) is 0 Å². The van der Waals surface area contributed by atoms with Crippen molar-refractivity contribution in [2.75, 3.05) is 0 Å². The lowest BCUT2D eigenvalue weighted by atomic mass is 9.75. The van der Waals surface area contributed by atoms with Crippen molar-refractivity contribution in [3.8, 4) is 22.3 Å². The topological polar surface area (TPSA) is 0 Å². The van der Waals surface area contributed by atoms with E-state index in [0.29, 0.717) is 23.7 Å². The molecule has 0 spiro atoms. The van der Waals surface area contributed by atoms with Crippen molar-refractivity contribution < 1.29 is 0 Å². The van der Waals surface area contributed by atoms with Gasteiger partial charge in [-0.2, -0.15) is 0 Å². The van der Waals surface area contributed by atoms with Crippen LogP contribution < -0.4 is 0 Å². The van der Waals surface area contributed by atoms with Gasteiger partial charge in [-0.1, -0.05) is 146 Å². The molecule has 0 radical (unpaired) electrons. The molecule has 0 nitrogen and oxygen atoms in total. The van der Waals surface area contributed by atoms with Gasteiger partial charge < -0.3 is 0 Å². The molecule has 0 saturated carbocycles. The van der Waals surface area contributed by atoms with Gasteiger partial charge in [-0.15, -0.1) is 0 Å². The summed E-state index contributed by atoms with van der Waals surface area (Å²) in [6, 6.07) is 37.3. The van der Waals surface area contributed by atoms with E-state index in [4.69, 9.17) is 0 Å². The van der Waals surface area contributed by atoms with Gasteiger partial charge in [-0.05, 0) is 117 Å². The highest BCUT2D eigenvalue weighted by molar-refractivity contribution is 6.36. The van der Waals surface area contributed by atoms with Crippen LogP contribution in [-0.4, -0.2) is 0 Å². The smallest absolute Gasteiger partial charge is 0.000765 e. The average molecular weight is 573 g/mol. The highest BCUT2D eigenvalue weighted by Gasteiger charge is 2.27. The third-order valence-electron chi connectivity index (χ3n) is 9.90. The third-order valence-corrected chi connectivity index (χ3v) is 9.90. The van der Waals surface area contributed by atoms with Crippen LogP contribution in [0.2, 0.25) is 0 Å². The molecule has 0 atom stereocenters. The maximum absolute atomic E-state index is 2.54. The molecule has 0 aliphatic heterocycles. The maximum atomic E-state index is 2.54. The Morgan fingerprint density at radius 3 is 1.25 bits per heavy atom. The molecule has 0 N–H and O–H groups in total. The second-order valence-electron chi connectivity index (χ2n) is 14.0. The lowest BCUT2D eigenvalue weighted by Gasteiger charge is -2.28. The Morgan fingerprint density at radius 1 is 0.341 bits per heavy atom. The standard InChI is InChI=1S/C44H44/c1-25(2)31-17-12-18-32(26(3)4)41(31)38-24-30-16-11-22-36-35-21-9-14-29-15-10-23-37(39(29)35)43(40(30)36)44(38)42-33(27(5)6)19-13-20-34(42)28(7)8/h9-28H,1-8H3. The quantitative estimate of drug-likeness (QED) is 0.137. The van der Waals surface area contributed by atoms with Gasteiger partial charge in [0, 0.05) is 0 Å². The first-order chi connectivity index (χ1) is 21.2. The summed E-state index contributed by atoms with van der Waals surface area (Å²) in [7, 11) is 0. The predicted molar refractivity (Wildman–Crippen MR) is 195 cm³/mol. The lowest BCUT2D eigenvalue weighted by Crippen LogP contribution is -2.05. The maximum Gasteiger partial charge on any atom is -0.000765 e. The van der Waals surface area contributed by atoms with Crippen molar-refractivity contribution in [1.82, 2.24) is 0 Å². The van der Waals surface area contributed by atoms with Gasteiger partial charge >= 0.3 is 0 Å². The first-order valence-corrected chi connectivity index (χ1v) is 16.6. The Morgan fingerprint density at radius 2 is 0.750 bits per heavy atom. The molecule has 7 aromatic carbocycles. The zero-order chi connectivity index (χ0) is 30.9. The largest absolute Gasteiger partial charge is 0.0617 e. The number of hydrogen-bond donors (Lipinski definition) is 0. The van der Waals surface area contributed by atoms with Crippen LogP contribution in [0.5, 0.6) is 0 Å². The predicted octanol–water partition coefficient (Wildman–Crippen LogP) is 13.6. The van der Waals surface area contributed by atoms with Crippen LogP contribution in [0.15, 0.2) is 97.1 Å². The lowest BCUT2D eigenvalue weighted by molar-refractivity contribution is 0.835. The van der Waals surface area contributed by atoms with Crippen molar-refractivity contribution in [1.29, 1.82) is 0 Å². The van der Waals surface area contributed by atoms with E-state index in [1.807, 2.05) is 0 Å². The van der Waals surface area contributed by atoms with E-state index in [1.54, 1.807) is 0 Å². The van der Waals surface area contributed by atoms with Crippen LogP contribution in [0, 0.1) is 0 Å². The fourth-order valence-corrected chi connectivity index (χ4v) is 7.88. The number of hydrogen-bond acceptors (Lipinski definition) is 0. The van der Waals surface area contributed by atoms with Gasteiger partial charge in [-0.3, -0.25) is 0 Å². The average Bonchev–Trinajstić information content (AvgIpc) is 3.01. The van der Waals surface area contributed by atoms with Crippen LogP contribution in [0.1, 0.15) is 101 Å². The molecule has 0 heterocycles. The van der Waals surface area contributed by atoms with E-state index in [1.165, 1.54) is 87.6 Å². The third kappa shape index (κ3) is 4.26.